The Labute approximate surface area is 30.0 Å². The van der Waals surface area contributed by atoms with Crippen LogP contribution in [0, 0.1) is 0 Å². The molecule has 0 saturated heterocycles. The Kier molecular flexibility index (Phi) is 1.73. The molecule has 29 valence electrons. The summed E-state index contributed by atoms with van der Waals surface area (Å²) in [6, 6.07) is 0. The molecule has 0 aliphatic rings. The van der Waals surface area contributed by atoms with Gasteiger partial charge in [-0.15, -0.1) is 0 Å². The van der Waals surface area contributed by atoms with E-state index in [-0.39, 0.29) is 0 Å². The van der Waals surface area contributed by atoms with Crippen molar-refractivity contribution in [2.75, 3.05) is 0 Å². The Morgan fingerprint density at radius 3 is 1.50 bits per heavy atom. The van der Waals surface area contributed by atoms with Crippen molar-refractivity contribution in [2.45, 2.75) is 11.7 Å². The molecule has 0 aromatic heterocycles. The first-order valence-electron chi connectivity index (χ1n) is 0.803. The number of hydrogen-bond donors (Lipinski definition) is 0. The average molecular weight is 105 g/mol. The fourth-order valence-electron chi connectivity index (χ4n) is 0. The van der Waals surface area contributed by atoms with Gasteiger partial charge in [-0.25, -0.2) is 0 Å². The first-order valence-corrected chi connectivity index (χ1v) is 3.31. The van der Waals surface area contributed by atoms with Gasteiger partial charge in [0, 0.05) is 0 Å². The van der Waals surface area contributed by atoms with E-state index in [2.05, 4.69) is 0 Å². The molecule has 0 aliphatic heterocycles. The topological polar surface area (TPSA) is 17.1 Å². The van der Waals surface area contributed by atoms with Gasteiger partial charge >= 0.3 is 29.2 Å². The van der Waals surface area contributed by atoms with E-state index in [9.17, 15) is 3.87 Å². The maximum atomic E-state index is 9.59. The third-order valence-corrected chi connectivity index (χ3v) is 0. The molecule has 0 aromatic rings. The van der Waals surface area contributed by atoms with Gasteiger partial charge in [-0.3, -0.25) is 0 Å². The van der Waals surface area contributed by atoms with Gasteiger partial charge in [-0.1, -0.05) is 0 Å². The molecule has 2 heteroatoms. The summed E-state index contributed by atoms with van der Waals surface area (Å²) >= 11 is -0.854. The van der Waals surface area contributed by atoms with Crippen molar-refractivity contribution in [2.24, 2.45) is 0 Å². The fourth-order valence-corrected chi connectivity index (χ4v) is 0. The molecule has 0 heterocycles. The Bertz CT molecular complexity index is 29.0. The van der Waals surface area contributed by atoms with E-state index in [1.807, 2.05) is 0 Å². The maximum absolute atomic E-state index is 9.59. The van der Waals surface area contributed by atoms with E-state index in [0.717, 1.165) is 0 Å². The zero-order valence-corrected chi connectivity index (χ0v) is 3.78. The van der Waals surface area contributed by atoms with Gasteiger partial charge in [0.05, 0.1) is 0 Å². The second kappa shape index (κ2) is 1.61. The Hall–Kier alpha value is 0.306. The van der Waals surface area contributed by atoms with Crippen LogP contribution >= 0.6 is 0 Å². The van der Waals surface area contributed by atoms with Gasteiger partial charge in [0.15, 0.2) is 0 Å². The predicted molar refractivity (Wildman–Crippen MR) is 12.4 cm³/mol. The van der Waals surface area contributed by atoms with Crippen molar-refractivity contribution in [3.05, 3.63) is 0 Å². The van der Waals surface area contributed by atoms with E-state index >= 15 is 0 Å². The predicted octanol–water partition coefficient (Wildman–Crippen LogP) is 1.05. The minimum absolute atomic E-state index is 0.854. The van der Waals surface area contributed by atoms with E-state index in [0.29, 0.717) is 0 Å². The molecular weight excluding hydrogens is 99.0 g/mol. The van der Waals surface area contributed by atoms with Gasteiger partial charge in [0.2, 0.25) is 0 Å². The number of hydrogen-bond acceptors (Lipinski definition) is 1. The summed E-state index contributed by atoms with van der Waals surface area (Å²) in [6.45, 7) is 0. The Balaban J connectivity index is 2.80. The van der Waals surface area contributed by atoms with Crippen molar-refractivity contribution in [1.82, 2.24) is 0 Å². The van der Waals surface area contributed by atoms with Crippen LogP contribution in [0.15, 0.2) is 0 Å². The first kappa shape index (κ1) is 4.31. The van der Waals surface area contributed by atoms with Gasteiger partial charge in [0.25, 0.3) is 0 Å². The second-order valence-corrected chi connectivity index (χ2v) is 2.50. The normalized spacial score (nSPS) is 11.0. The van der Waals surface area contributed by atoms with Gasteiger partial charge in [0.1, 0.15) is 0 Å². The van der Waals surface area contributed by atoms with E-state index in [4.69, 9.17) is 0 Å². The summed E-state index contributed by atoms with van der Waals surface area (Å²) in [5.41, 5.74) is 0. The summed E-state index contributed by atoms with van der Waals surface area (Å²) in [6.07, 6.45) is 0. The molecule has 1 nitrogen and oxygen atoms in total. The molecule has 0 saturated carbocycles. The molecule has 0 bridgehead atoms. The molecule has 4 heavy (non-hydrogen) atoms. The van der Waals surface area contributed by atoms with Crippen molar-refractivity contribution in [1.29, 1.82) is 0 Å². The minimum atomic E-state index is -0.854. The van der Waals surface area contributed by atoms with Crippen LogP contribution in [0.25, 0.3) is 0 Å². The van der Waals surface area contributed by atoms with Crippen LogP contribution in [-0.4, -0.2) is 0 Å². The summed E-state index contributed by atoms with van der Waals surface area (Å²) in [5.74, 6) is 3.35. The van der Waals surface area contributed by atoms with Crippen LogP contribution < -0.4 is 0 Å². The molecule has 0 N–H and O–H groups in total. The molecule has 0 unspecified atom stereocenters. The van der Waals surface area contributed by atoms with E-state index in [1.165, 1.54) is 0 Å². The molecule has 0 atom stereocenters. The molecule has 0 aliphatic carbocycles. The fraction of sp³-hybridized carbons (Fsp3) is 1.00. The quantitative estimate of drug-likeness (QED) is 0.450. The monoisotopic (exact) mass is 105 g/mol. The van der Waals surface area contributed by atoms with Gasteiger partial charge in [-0.2, -0.15) is 0 Å². The third kappa shape index (κ3) is 41.9. The van der Waals surface area contributed by atoms with Crippen molar-refractivity contribution < 1.29 is 17.5 Å². The molecule has 0 fully saturated rings. The van der Waals surface area contributed by atoms with Gasteiger partial charge < -0.3 is 0 Å². The standard InChI is InChI=1S/2CH3.Co.O/h2*1H3;;. The molecule has 0 spiro atoms. The van der Waals surface area contributed by atoms with Crippen LogP contribution in [0.2, 0.25) is 11.7 Å². The SMILES string of the molecule is [CH3][Co]([CH3])=[O]. The van der Waals surface area contributed by atoms with Gasteiger partial charge in [-0.05, 0) is 0 Å². The van der Waals surface area contributed by atoms with Crippen LogP contribution in [0.1, 0.15) is 0 Å². The molecular formula is C2H6CoO. The van der Waals surface area contributed by atoms with E-state index in [1.54, 1.807) is 11.7 Å². The average Bonchev–Trinajstić information content (AvgIpc) is 0.811. The molecule has 0 amide bonds. The van der Waals surface area contributed by atoms with Crippen molar-refractivity contribution in [3.63, 3.8) is 0 Å². The zero-order valence-electron chi connectivity index (χ0n) is 2.74. The molecule has 0 rings (SSSR count). The summed E-state index contributed by atoms with van der Waals surface area (Å²) in [7, 11) is 0. The van der Waals surface area contributed by atoms with Crippen LogP contribution in [0.5, 0.6) is 0 Å². The van der Waals surface area contributed by atoms with Crippen molar-refractivity contribution in [3.8, 4) is 0 Å². The zero-order chi connectivity index (χ0) is 3.58. The third-order valence-electron chi connectivity index (χ3n) is 0. The van der Waals surface area contributed by atoms with Crippen molar-refractivity contribution >= 4 is 0 Å². The Morgan fingerprint density at radius 1 is 1.50 bits per heavy atom. The summed E-state index contributed by atoms with van der Waals surface area (Å²) < 4.78 is 9.59. The van der Waals surface area contributed by atoms with Crippen LogP contribution in [-0.2, 0) is 17.5 Å². The molecule has 0 radical (unpaired) electrons. The van der Waals surface area contributed by atoms with E-state index < -0.39 is 13.6 Å². The van der Waals surface area contributed by atoms with Crippen LogP contribution in [0.3, 0.4) is 0 Å². The number of rotatable bonds is 0. The molecule has 0 aromatic carbocycles. The first-order chi connectivity index (χ1) is 1.73. The summed E-state index contributed by atoms with van der Waals surface area (Å²) in [5, 5.41) is 0. The van der Waals surface area contributed by atoms with Crippen LogP contribution in [0.4, 0.5) is 0 Å². The Morgan fingerprint density at radius 2 is 1.50 bits per heavy atom. The second-order valence-electron chi connectivity index (χ2n) is 0.605. The summed E-state index contributed by atoms with van der Waals surface area (Å²) in [4.78, 5) is 0.